The minimum Gasteiger partial charge on any atom is -0.456 e. The van der Waals surface area contributed by atoms with Gasteiger partial charge in [0.05, 0.1) is 11.4 Å². The van der Waals surface area contributed by atoms with Crippen LogP contribution in [0, 0.1) is 0 Å². The third-order valence-electron chi connectivity index (χ3n) is 7.87. The molecule has 1 aliphatic rings. The Labute approximate surface area is 239 Å². The van der Waals surface area contributed by atoms with Gasteiger partial charge >= 0.3 is 0 Å². The number of rotatable bonds is 2. The highest BCUT2D eigenvalue weighted by Gasteiger charge is 2.24. The van der Waals surface area contributed by atoms with E-state index in [-0.39, 0.29) is 0 Å². The summed E-state index contributed by atoms with van der Waals surface area (Å²) < 4.78 is 9.01. The predicted octanol–water partition coefficient (Wildman–Crippen LogP) is 11.6. The minimum absolute atomic E-state index is 0.928. The smallest absolute Gasteiger partial charge is 0.136 e. The van der Waals surface area contributed by atoms with E-state index >= 15 is 0 Å². The fourth-order valence-electron chi connectivity index (χ4n) is 6.10. The van der Waals surface area contributed by atoms with Crippen molar-refractivity contribution >= 4 is 82.3 Å². The van der Waals surface area contributed by atoms with Crippen molar-refractivity contribution in [2.24, 2.45) is 0 Å². The van der Waals surface area contributed by atoms with Crippen LogP contribution >= 0.6 is 23.1 Å². The van der Waals surface area contributed by atoms with Crippen LogP contribution in [-0.4, -0.2) is 0 Å². The zero-order valence-corrected chi connectivity index (χ0v) is 22.9. The molecule has 0 fully saturated rings. The molecule has 0 saturated heterocycles. The molecular formula is C36H21NOS2. The molecule has 0 N–H and O–H groups in total. The molecule has 8 aromatic rings. The maximum Gasteiger partial charge on any atom is 0.136 e. The second-order valence-corrected chi connectivity index (χ2v) is 12.3. The van der Waals surface area contributed by atoms with E-state index in [9.17, 15) is 0 Å². The molecule has 2 nitrogen and oxygen atoms in total. The van der Waals surface area contributed by atoms with Crippen molar-refractivity contribution in [3.8, 4) is 11.1 Å². The average Bonchev–Trinajstić information content (AvgIpc) is 3.58. The number of benzene rings is 6. The Morgan fingerprint density at radius 2 is 1.23 bits per heavy atom. The molecule has 4 heteroatoms. The molecular weight excluding hydrogens is 527 g/mol. The van der Waals surface area contributed by atoms with Crippen molar-refractivity contribution < 1.29 is 4.42 Å². The summed E-state index contributed by atoms with van der Waals surface area (Å²) in [5.41, 5.74) is 7.84. The predicted molar refractivity (Wildman–Crippen MR) is 171 cm³/mol. The zero-order valence-electron chi connectivity index (χ0n) is 21.3. The summed E-state index contributed by atoms with van der Waals surface area (Å²) >= 11 is 3.69. The van der Waals surface area contributed by atoms with E-state index in [2.05, 4.69) is 132 Å². The summed E-state index contributed by atoms with van der Waals surface area (Å²) in [5.74, 6) is 0. The molecule has 0 atom stereocenters. The van der Waals surface area contributed by atoms with Crippen molar-refractivity contribution in [1.82, 2.24) is 0 Å². The molecule has 0 bridgehead atoms. The van der Waals surface area contributed by atoms with Gasteiger partial charge in [-0.1, -0.05) is 78.5 Å². The molecule has 0 radical (unpaired) electrons. The molecule has 0 amide bonds. The van der Waals surface area contributed by atoms with Gasteiger partial charge in [0.15, 0.2) is 0 Å². The number of thiophene rings is 1. The van der Waals surface area contributed by atoms with Crippen LogP contribution in [0.3, 0.4) is 0 Å². The largest absolute Gasteiger partial charge is 0.456 e. The van der Waals surface area contributed by atoms with Gasteiger partial charge in [-0.05, 0) is 71.8 Å². The van der Waals surface area contributed by atoms with Crippen LogP contribution < -0.4 is 4.90 Å². The fourth-order valence-corrected chi connectivity index (χ4v) is 8.40. The van der Waals surface area contributed by atoms with E-state index in [0.29, 0.717) is 0 Å². The Balaban J connectivity index is 1.24. The van der Waals surface area contributed by atoms with Gasteiger partial charge in [-0.25, -0.2) is 0 Å². The van der Waals surface area contributed by atoms with Crippen molar-refractivity contribution in [2.75, 3.05) is 4.90 Å². The van der Waals surface area contributed by atoms with Crippen LogP contribution in [-0.2, 0) is 0 Å². The Morgan fingerprint density at radius 1 is 0.525 bits per heavy atom. The summed E-state index contributed by atoms with van der Waals surface area (Å²) in [6.45, 7) is 0. The molecule has 0 aliphatic carbocycles. The second-order valence-electron chi connectivity index (χ2n) is 10.1. The summed E-state index contributed by atoms with van der Waals surface area (Å²) in [5, 5.41) is 5.00. The molecule has 188 valence electrons. The van der Waals surface area contributed by atoms with Crippen LogP contribution in [0.15, 0.2) is 142 Å². The molecule has 0 unspecified atom stereocenters. The van der Waals surface area contributed by atoms with Crippen molar-refractivity contribution in [3.05, 3.63) is 127 Å². The van der Waals surface area contributed by atoms with Crippen LogP contribution in [0.5, 0.6) is 0 Å². The molecule has 1 aliphatic heterocycles. The quantitative estimate of drug-likeness (QED) is 0.214. The van der Waals surface area contributed by atoms with Gasteiger partial charge in [-0.3, -0.25) is 0 Å². The highest BCUT2D eigenvalue weighted by atomic mass is 32.2. The summed E-state index contributed by atoms with van der Waals surface area (Å²) in [6.07, 6.45) is 0. The first-order valence-corrected chi connectivity index (χ1v) is 15.0. The lowest BCUT2D eigenvalue weighted by molar-refractivity contribution is 0.669. The number of hydrogen-bond acceptors (Lipinski definition) is 4. The number of hydrogen-bond donors (Lipinski definition) is 0. The van der Waals surface area contributed by atoms with E-state index < -0.39 is 0 Å². The van der Waals surface area contributed by atoms with Gasteiger partial charge in [0.1, 0.15) is 11.2 Å². The lowest BCUT2D eigenvalue weighted by atomic mass is 9.98. The van der Waals surface area contributed by atoms with Gasteiger partial charge < -0.3 is 9.32 Å². The molecule has 0 spiro atoms. The van der Waals surface area contributed by atoms with Gasteiger partial charge in [-0.15, -0.1) is 11.3 Å². The molecule has 2 aromatic heterocycles. The normalized spacial score (nSPS) is 12.8. The van der Waals surface area contributed by atoms with Gasteiger partial charge in [0, 0.05) is 46.4 Å². The SMILES string of the molecule is c1ccc2c(c1)Sc1ccccc1N2c1ccc(-c2cccc3oc4ccc5c6ccccc6sc5c4c23)cc1. The van der Waals surface area contributed by atoms with Gasteiger partial charge in [-0.2, -0.15) is 0 Å². The Kier molecular flexibility index (Phi) is 4.74. The Morgan fingerprint density at radius 3 is 2.02 bits per heavy atom. The molecule has 0 saturated carbocycles. The topological polar surface area (TPSA) is 16.4 Å². The maximum absolute atomic E-state index is 6.41. The van der Waals surface area contributed by atoms with Crippen molar-refractivity contribution in [2.45, 2.75) is 9.79 Å². The standard InChI is InChI=1S/C36H21NOS2/c1-4-13-31-25(8-1)26-20-21-30-35(36(26)40-31)34-24(9-7-12-29(34)38-30)22-16-18-23(19-17-22)37-27-10-2-5-14-32(27)39-33-15-6-3-11-28(33)37/h1-21H. The van der Waals surface area contributed by atoms with E-state index in [1.54, 1.807) is 0 Å². The fraction of sp³-hybridized carbons (Fsp3) is 0. The first-order chi connectivity index (χ1) is 19.8. The van der Waals surface area contributed by atoms with E-state index in [1.807, 2.05) is 23.1 Å². The number of para-hydroxylation sites is 2. The Bertz CT molecular complexity index is 2210. The van der Waals surface area contributed by atoms with E-state index in [1.165, 1.54) is 63.2 Å². The number of nitrogens with zero attached hydrogens (tertiary/aromatic N) is 1. The van der Waals surface area contributed by atoms with Crippen LogP contribution in [0.25, 0.3) is 53.2 Å². The number of fused-ring (bicyclic) bond motifs is 9. The number of anilines is 3. The average molecular weight is 548 g/mol. The minimum atomic E-state index is 0.928. The number of furan rings is 1. The monoisotopic (exact) mass is 547 g/mol. The Hall–Kier alpha value is -4.51. The van der Waals surface area contributed by atoms with Gasteiger partial charge in [0.25, 0.3) is 0 Å². The first kappa shape index (κ1) is 22.3. The second kappa shape index (κ2) is 8.49. The van der Waals surface area contributed by atoms with E-state index in [0.717, 1.165) is 16.9 Å². The zero-order chi connectivity index (χ0) is 26.2. The van der Waals surface area contributed by atoms with Crippen molar-refractivity contribution in [3.63, 3.8) is 0 Å². The lowest BCUT2D eigenvalue weighted by Gasteiger charge is -2.32. The summed E-state index contributed by atoms with van der Waals surface area (Å²) in [6, 6.07) is 45.7. The summed E-state index contributed by atoms with van der Waals surface area (Å²) in [7, 11) is 0. The van der Waals surface area contributed by atoms with Crippen molar-refractivity contribution in [1.29, 1.82) is 0 Å². The van der Waals surface area contributed by atoms with Crippen LogP contribution in [0.4, 0.5) is 17.1 Å². The lowest BCUT2D eigenvalue weighted by Crippen LogP contribution is -2.14. The van der Waals surface area contributed by atoms with Crippen LogP contribution in [0.1, 0.15) is 0 Å². The first-order valence-electron chi connectivity index (χ1n) is 13.4. The third-order valence-corrected chi connectivity index (χ3v) is 10.2. The van der Waals surface area contributed by atoms with E-state index in [4.69, 9.17) is 4.42 Å². The summed E-state index contributed by atoms with van der Waals surface area (Å²) in [4.78, 5) is 4.92. The molecule has 40 heavy (non-hydrogen) atoms. The molecule has 6 aromatic carbocycles. The molecule has 9 rings (SSSR count). The van der Waals surface area contributed by atoms with Crippen LogP contribution in [0.2, 0.25) is 0 Å². The highest BCUT2D eigenvalue weighted by molar-refractivity contribution is 7.99. The van der Waals surface area contributed by atoms with Gasteiger partial charge in [0.2, 0.25) is 0 Å². The maximum atomic E-state index is 6.41. The highest BCUT2D eigenvalue weighted by Crippen LogP contribution is 2.51. The third kappa shape index (κ3) is 3.18. The molecule has 3 heterocycles.